The molecule has 3 N–H and O–H groups in total. The van der Waals surface area contributed by atoms with E-state index in [2.05, 4.69) is 15.7 Å². The van der Waals surface area contributed by atoms with Crippen molar-refractivity contribution in [3.8, 4) is 11.1 Å². The Kier molecular flexibility index (Phi) is 6.60. The van der Waals surface area contributed by atoms with Crippen LogP contribution in [-0.4, -0.2) is 59.2 Å². The van der Waals surface area contributed by atoms with Gasteiger partial charge in [-0.3, -0.25) is 14.8 Å². The lowest BCUT2D eigenvalue weighted by Crippen LogP contribution is -2.44. The van der Waals surface area contributed by atoms with Gasteiger partial charge in [0.05, 0.1) is 12.3 Å². The van der Waals surface area contributed by atoms with Gasteiger partial charge in [0.1, 0.15) is 6.61 Å². The van der Waals surface area contributed by atoms with Gasteiger partial charge in [0.2, 0.25) is 0 Å². The molecule has 2 aromatic carbocycles. The minimum absolute atomic E-state index is 0.0961. The fourth-order valence-electron chi connectivity index (χ4n) is 4.06. The number of nitrogens with one attached hydrogen (secondary N) is 2. The number of carboxylic acids is 1. The Labute approximate surface area is 195 Å². The predicted molar refractivity (Wildman–Crippen MR) is 123 cm³/mol. The Morgan fingerprint density at radius 3 is 2.29 bits per heavy atom. The number of anilines is 1. The fraction of sp³-hybridized carbons (Fsp3) is 0.250. The van der Waals surface area contributed by atoms with Gasteiger partial charge < -0.3 is 19.9 Å². The number of benzene rings is 2. The number of aryl methyl sites for hydroxylation is 1. The second-order valence-corrected chi connectivity index (χ2v) is 7.84. The van der Waals surface area contributed by atoms with Gasteiger partial charge in [0, 0.05) is 26.3 Å². The van der Waals surface area contributed by atoms with E-state index in [0.717, 1.165) is 22.3 Å². The van der Waals surface area contributed by atoms with Crippen LogP contribution in [0, 0.1) is 0 Å². The number of amides is 2. The van der Waals surface area contributed by atoms with Crippen molar-refractivity contribution in [1.82, 2.24) is 15.1 Å². The molecule has 1 aliphatic carbocycles. The molecule has 1 heterocycles. The molecular weight excluding hydrogens is 440 g/mol. The number of carbonyl (C=O) groups is 3. The van der Waals surface area contributed by atoms with Gasteiger partial charge in [-0.15, -0.1) is 0 Å². The maximum Gasteiger partial charge on any atom is 0.411 e. The van der Waals surface area contributed by atoms with Gasteiger partial charge in [-0.2, -0.15) is 5.10 Å². The molecule has 1 unspecified atom stereocenters. The maximum absolute atomic E-state index is 12.6. The van der Waals surface area contributed by atoms with E-state index in [4.69, 9.17) is 9.47 Å². The molecule has 0 saturated heterocycles. The Balaban J connectivity index is 1.45. The molecule has 0 bridgehead atoms. The molecule has 1 atom stereocenters. The van der Waals surface area contributed by atoms with Crippen molar-refractivity contribution in [2.45, 2.75) is 12.0 Å². The van der Waals surface area contributed by atoms with Gasteiger partial charge in [-0.05, 0) is 22.3 Å². The standard InChI is InChI=1S/C24H24N4O6/c1-28-11-19(21(27-28)22(29)25-20(13-33-2)23(30)31)26-24(32)34-12-18-16-9-5-3-7-14(16)15-8-4-6-10-17(15)18/h3-11,18,20H,12-13H2,1-2H3,(H,25,29)(H,26,32)(H,30,31). The molecule has 2 amide bonds. The number of ether oxygens (including phenoxy) is 2. The van der Waals surface area contributed by atoms with Crippen LogP contribution in [0.25, 0.3) is 11.1 Å². The first-order chi connectivity index (χ1) is 16.4. The average Bonchev–Trinajstić information content (AvgIpc) is 3.34. The second-order valence-electron chi connectivity index (χ2n) is 7.84. The second kappa shape index (κ2) is 9.75. The molecule has 1 aliphatic rings. The first kappa shape index (κ1) is 23.0. The number of aromatic nitrogens is 2. The number of carboxylic acid groups (broad SMARTS) is 1. The zero-order valence-corrected chi connectivity index (χ0v) is 18.6. The van der Waals surface area contributed by atoms with Crippen LogP contribution >= 0.6 is 0 Å². The van der Waals surface area contributed by atoms with Crippen LogP contribution in [0.5, 0.6) is 0 Å². The molecular formula is C24H24N4O6. The van der Waals surface area contributed by atoms with Crippen molar-refractivity contribution in [1.29, 1.82) is 0 Å². The number of methoxy groups -OCH3 is 1. The van der Waals surface area contributed by atoms with E-state index in [9.17, 15) is 19.5 Å². The summed E-state index contributed by atoms with van der Waals surface area (Å²) in [7, 11) is 2.90. The third kappa shape index (κ3) is 4.62. The van der Waals surface area contributed by atoms with Crippen LogP contribution in [0.1, 0.15) is 27.5 Å². The van der Waals surface area contributed by atoms with Crippen LogP contribution in [0.3, 0.4) is 0 Å². The molecule has 4 rings (SSSR count). The number of rotatable bonds is 8. The number of carbonyl (C=O) groups excluding carboxylic acids is 2. The molecule has 0 radical (unpaired) electrons. The Hall–Kier alpha value is -4.18. The molecule has 0 spiro atoms. The highest BCUT2D eigenvalue weighted by Crippen LogP contribution is 2.44. The highest BCUT2D eigenvalue weighted by molar-refractivity contribution is 6.02. The largest absolute Gasteiger partial charge is 0.480 e. The molecule has 0 aliphatic heterocycles. The van der Waals surface area contributed by atoms with Gasteiger partial charge in [-0.25, -0.2) is 9.59 Å². The zero-order chi connectivity index (χ0) is 24.2. The lowest BCUT2D eigenvalue weighted by Gasteiger charge is -2.15. The lowest BCUT2D eigenvalue weighted by molar-refractivity contribution is -0.140. The number of nitrogens with zero attached hydrogens (tertiary/aromatic N) is 2. The van der Waals surface area contributed by atoms with Gasteiger partial charge in [-0.1, -0.05) is 48.5 Å². The molecule has 0 saturated carbocycles. The summed E-state index contributed by atoms with van der Waals surface area (Å²) in [4.78, 5) is 36.5. The smallest absolute Gasteiger partial charge is 0.411 e. The lowest BCUT2D eigenvalue weighted by atomic mass is 9.98. The van der Waals surface area contributed by atoms with E-state index >= 15 is 0 Å². The third-order valence-electron chi connectivity index (χ3n) is 5.56. The highest BCUT2D eigenvalue weighted by Gasteiger charge is 2.29. The molecule has 34 heavy (non-hydrogen) atoms. The Bertz CT molecular complexity index is 1190. The van der Waals surface area contributed by atoms with Crippen molar-refractivity contribution < 1.29 is 29.0 Å². The first-order valence-corrected chi connectivity index (χ1v) is 10.6. The number of aliphatic carboxylic acids is 1. The van der Waals surface area contributed by atoms with Crippen LogP contribution in [-0.2, 0) is 21.3 Å². The van der Waals surface area contributed by atoms with Crippen LogP contribution in [0.4, 0.5) is 10.5 Å². The van der Waals surface area contributed by atoms with E-state index in [1.165, 1.54) is 18.0 Å². The van der Waals surface area contributed by atoms with E-state index < -0.39 is 24.0 Å². The van der Waals surface area contributed by atoms with Crippen molar-refractivity contribution in [3.63, 3.8) is 0 Å². The van der Waals surface area contributed by atoms with E-state index in [1.54, 1.807) is 7.05 Å². The molecule has 10 nitrogen and oxygen atoms in total. The zero-order valence-electron chi connectivity index (χ0n) is 18.6. The van der Waals surface area contributed by atoms with Crippen molar-refractivity contribution >= 4 is 23.7 Å². The summed E-state index contributed by atoms with van der Waals surface area (Å²) in [5, 5.41) is 18.1. The van der Waals surface area contributed by atoms with Crippen molar-refractivity contribution in [2.75, 3.05) is 25.6 Å². The first-order valence-electron chi connectivity index (χ1n) is 10.6. The Morgan fingerprint density at radius 1 is 1.09 bits per heavy atom. The molecule has 176 valence electrons. The van der Waals surface area contributed by atoms with Gasteiger partial charge in [0.15, 0.2) is 11.7 Å². The minimum Gasteiger partial charge on any atom is -0.480 e. The van der Waals surface area contributed by atoms with Gasteiger partial charge >= 0.3 is 12.1 Å². The van der Waals surface area contributed by atoms with Crippen LogP contribution in [0.2, 0.25) is 0 Å². The van der Waals surface area contributed by atoms with Crippen molar-refractivity contribution in [3.05, 3.63) is 71.5 Å². The molecule has 10 heteroatoms. The number of hydrogen-bond acceptors (Lipinski definition) is 6. The topological polar surface area (TPSA) is 132 Å². The summed E-state index contributed by atoms with van der Waals surface area (Å²) in [6, 6.07) is 14.7. The summed E-state index contributed by atoms with van der Waals surface area (Å²) in [6.07, 6.45) is 0.679. The van der Waals surface area contributed by atoms with Crippen LogP contribution < -0.4 is 10.6 Å². The Morgan fingerprint density at radius 2 is 1.71 bits per heavy atom. The van der Waals surface area contributed by atoms with Gasteiger partial charge in [0.25, 0.3) is 5.91 Å². The quantitative estimate of drug-likeness (QED) is 0.467. The number of hydrogen-bond donors (Lipinski definition) is 3. The van der Waals surface area contributed by atoms with Crippen molar-refractivity contribution in [2.24, 2.45) is 7.05 Å². The van der Waals surface area contributed by atoms with E-state index in [-0.39, 0.29) is 30.5 Å². The third-order valence-corrected chi connectivity index (χ3v) is 5.56. The maximum atomic E-state index is 12.6. The fourth-order valence-corrected chi connectivity index (χ4v) is 4.06. The normalized spacial score (nSPS) is 13.0. The molecule has 1 aromatic heterocycles. The minimum atomic E-state index is -1.26. The average molecular weight is 464 g/mol. The number of fused-ring (bicyclic) bond motifs is 3. The summed E-state index contributed by atoms with van der Waals surface area (Å²) < 4.78 is 11.7. The summed E-state index contributed by atoms with van der Waals surface area (Å²) in [6.45, 7) is -0.111. The van der Waals surface area contributed by atoms with E-state index in [1.807, 2.05) is 48.5 Å². The van der Waals surface area contributed by atoms with Crippen LogP contribution in [0.15, 0.2) is 54.7 Å². The molecule has 3 aromatic rings. The predicted octanol–water partition coefficient (Wildman–Crippen LogP) is 2.61. The van der Waals surface area contributed by atoms with E-state index in [0.29, 0.717) is 0 Å². The summed E-state index contributed by atoms with van der Waals surface area (Å²) >= 11 is 0. The monoisotopic (exact) mass is 464 g/mol. The summed E-state index contributed by atoms with van der Waals surface area (Å²) in [5.41, 5.74) is 4.34. The molecule has 0 fully saturated rings. The summed E-state index contributed by atoms with van der Waals surface area (Å²) in [5.74, 6) is -2.13. The highest BCUT2D eigenvalue weighted by atomic mass is 16.5. The SMILES string of the molecule is COCC(NC(=O)c1nn(C)cc1NC(=O)OCC1c2ccccc2-c2ccccc21)C(=O)O.